The fourth-order valence-electron chi connectivity index (χ4n) is 1.74. The highest BCUT2D eigenvalue weighted by molar-refractivity contribution is 9.10. The highest BCUT2D eigenvalue weighted by Gasteiger charge is 2.18. The highest BCUT2D eigenvalue weighted by atomic mass is 79.9. The van der Waals surface area contributed by atoms with Gasteiger partial charge in [0.2, 0.25) is 5.91 Å². The quantitative estimate of drug-likeness (QED) is 0.795. The number of nitrogens with one attached hydrogen (secondary N) is 1. The lowest BCUT2D eigenvalue weighted by Crippen LogP contribution is -2.38. The first-order valence-corrected chi connectivity index (χ1v) is 7.01. The molecule has 0 saturated heterocycles. The second kappa shape index (κ2) is 8.01. The molecule has 2 atom stereocenters. The number of carboxylic acid groups (broad SMARTS) is 1. The van der Waals surface area contributed by atoms with E-state index in [1.807, 2.05) is 31.2 Å². The van der Waals surface area contributed by atoms with Crippen molar-refractivity contribution in [1.29, 1.82) is 0 Å². The van der Waals surface area contributed by atoms with Crippen LogP contribution in [0, 0.1) is 0 Å². The number of halogens is 1. The molecule has 2 N–H and O–H groups in total. The monoisotopic (exact) mass is 343 g/mol. The lowest BCUT2D eigenvalue weighted by atomic mass is 9.97. The normalized spacial score (nSPS) is 13.6. The molecular formula is C14H18BrNO4. The van der Waals surface area contributed by atoms with E-state index < -0.39 is 12.1 Å². The topological polar surface area (TPSA) is 75.6 Å². The molecule has 0 heterocycles. The van der Waals surface area contributed by atoms with E-state index in [0.29, 0.717) is 6.42 Å². The van der Waals surface area contributed by atoms with Crippen LogP contribution in [0.15, 0.2) is 28.7 Å². The minimum absolute atomic E-state index is 0.0300. The second-order valence-corrected chi connectivity index (χ2v) is 5.44. The van der Waals surface area contributed by atoms with Gasteiger partial charge in [-0.05, 0) is 23.6 Å². The third-order valence-corrected chi connectivity index (χ3v) is 3.50. The van der Waals surface area contributed by atoms with Crippen molar-refractivity contribution in [3.05, 3.63) is 34.3 Å². The Balaban J connectivity index is 2.45. The number of methoxy groups -OCH3 is 1. The average Bonchev–Trinajstić information content (AvgIpc) is 2.39. The SMILES string of the molecule is COC(CNC(=O)CC(C)c1ccc(Br)cc1)C(=O)O. The van der Waals surface area contributed by atoms with Crippen LogP contribution >= 0.6 is 15.9 Å². The Bertz CT molecular complexity index is 461. The number of carboxylic acids is 1. The highest BCUT2D eigenvalue weighted by Crippen LogP contribution is 2.21. The Kier molecular flexibility index (Phi) is 6.67. The Labute approximate surface area is 126 Å². The molecule has 0 bridgehead atoms. The average molecular weight is 344 g/mol. The molecule has 0 saturated carbocycles. The van der Waals surface area contributed by atoms with E-state index in [0.717, 1.165) is 10.0 Å². The molecule has 20 heavy (non-hydrogen) atoms. The Morgan fingerprint density at radius 2 is 1.95 bits per heavy atom. The van der Waals surface area contributed by atoms with Gasteiger partial charge in [-0.3, -0.25) is 4.79 Å². The van der Waals surface area contributed by atoms with Gasteiger partial charge in [0.15, 0.2) is 6.10 Å². The lowest BCUT2D eigenvalue weighted by molar-refractivity contribution is -0.148. The standard InChI is InChI=1S/C14H18BrNO4/c1-9(10-3-5-11(15)6-4-10)7-13(17)16-8-12(20-2)14(18)19/h3-6,9,12H,7-8H2,1-2H3,(H,16,17)(H,18,19). The van der Waals surface area contributed by atoms with E-state index in [1.54, 1.807) is 0 Å². The summed E-state index contributed by atoms with van der Waals surface area (Å²) in [7, 11) is 1.30. The zero-order valence-electron chi connectivity index (χ0n) is 11.4. The van der Waals surface area contributed by atoms with Crippen molar-refractivity contribution in [3.63, 3.8) is 0 Å². The van der Waals surface area contributed by atoms with Crippen molar-refractivity contribution >= 4 is 27.8 Å². The van der Waals surface area contributed by atoms with Crippen molar-refractivity contribution in [2.45, 2.75) is 25.4 Å². The molecule has 0 spiro atoms. The number of carbonyl (C=O) groups excluding carboxylic acids is 1. The summed E-state index contributed by atoms with van der Waals surface area (Å²) >= 11 is 3.36. The van der Waals surface area contributed by atoms with Gasteiger partial charge in [0.1, 0.15) is 0 Å². The van der Waals surface area contributed by atoms with Gasteiger partial charge < -0.3 is 15.2 Å². The van der Waals surface area contributed by atoms with Gasteiger partial charge >= 0.3 is 5.97 Å². The molecule has 1 aromatic carbocycles. The second-order valence-electron chi connectivity index (χ2n) is 4.52. The van der Waals surface area contributed by atoms with Crippen LogP contribution in [-0.4, -0.2) is 36.7 Å². The minimum atomic E-state index is -1.09. The third kappa shape index (κ3) is 5.30. The fraction of sp³-hybridized carbons (Fsp3) is 0.429. The number of ether oxygens (including phenoxy) is 1. The Hall–Kier alpha value is -1.40. The van der Waals surface area contributed by atoms with Gasteiger partial charge in [0, 0.05) is 18.0 Å². The zero-order valence-corrected chi connectivity index (χ0v) is 13.0. The van der Waals surface area contributed by atoms with Crippen LogP contribution in [0.5, 0.6) is 0 Å². The number of rotatable bonds is 7. The summed E-state index contributed by atoms with van der Waals surface area (Å²) in [5, 5.41) is 11.4. The molecule has 0 aliphatic heterocycles. The van der Waals surface area contributed by atoms with Crippen molar-refractivity contribution in [3.8, 4) is 0 Å². The number of amides is 1. The van der Waals surface area contributed by atoms with E-state index in [1.165, 1.54) is 7.11 Å². The van der Waals surface area contributed by atoms with Crippen LogP contribution in [0.3, 0.4) is 0 Å². The summed E-state index contributed by atoms with van der Waals surface area (Å²) < 4.78 is 5.73. The Morgan fingerprint density at radius 1 is 1.35 bits per heavy atom. The van der Waals surface area contributed by atoms with Gasteiger partial charge in [0.05, 0.1) is 6.54 Å². The van der Waals surface area contributed by atoms with E-state index in [2.05, 4.69) is 21.2 Å². The van der Waals surface area contributed by atoms with Gasteiger partial charge in [0.25, 0.3) is 0 Å². The number of hydrogen-bond acceptors (Lipinski definition) is 3. The molecule has 0 aliphatic carbocycles. The van der Waals surface area contributed by atoms with Gasteiger partial charge in [-0.25, -0.2) is 4.79 Å². The van der Waals surface area contributed by atoms with Crippen LogP contribution in [0.4, 0.5) is 0 Å². The molecule has 0 aliphatic rings. The first-order chi connectivity index (χ1) is 9.43. The molecule has 0 fully saturated rings. The maximum absolute atomic E-state index is 11.8. The van der Waals surface area contributed by atoms with Crippen LogP contribution in [0.1, 0.15) is 24.8 Å². The molecule has 2 unspecified atom stereocenters. The summed E-state index contributed by atoms with van der Waals surface area (Å²) in [5.74, 6) is -1.22. The maximum Gasteiger partial charge on any atom is 0.334 e. The van der Waals surface area contributed by atoms with E-state index >= 15 is 0 Å². The van der Waals surface area contributed by atoms with E-state index in [-0.39, 0.29) is 18.4 Å². The predicted octanol–water partition coefficient (Wildman–Crippen LogP) is 2.16. The first-order valence-electron chi connectivity index (χ1n) is 6.21. The predicted molar refractivity (Wildman–Crippen MR) is 78.6 cm³/mol. The first kappa shape index (κ1) is 16.7. The van der Waals surface area contributed by atoms with Gasteiger partial charge in [-0.15, -0.1) is 0 Å². The number of carbonyl (C=O) groups is 2. The summed E-state index contributed by atoms with van der Waals surface area (Å²) in [6.45, 7) is 1.92. The van der Waals surface area contributed by atoms with Gasteiger partial charge in [-0.1, -0.05) is 35.0 Å². The fourth-order valence-corrected chi connectivity index (χ4v) is 2.00. The summed E-state index contributed by atoms with van der Waals surface area (Å²) in [6.07, 6.45) is -0.709. The molecule has 1 rings (SSSR count). The largest absolute Gasteiger partial charge is 0.479 e. The lowest BCUT2D eigenvalue weighted by Gasteiger charge is -2.14. The molecular weight excluding hydrogens is 326 g/mol. The summed E-state index contributed by atoms with van der Waals surface area (Å²) in [5.41, 5.74) is 1.06. The molecule has 1 amide bonds. The van der Waals surface area contributed by atoms with Crippen molar-refractivity contribution in [2.24, 2.45) is 0 Å². The molecule has 110 valence electrons. The molecule has 6 heteroatoms. The van der Waals surface area contributed by atoms with Gasteiger partial charge in [-0.2, -0.15) is 0 Å². The third-order valence-electron chi connectivity index (χ3n) is 2.98. The number of aliphatic carboxylic acids is 1. The molecule has 1 aromatic rings. The number of benzene rings is 1. The van der Waals surface area contributed by atoms with Crippen molar-refractivity contribution in [2.75, 3.05) is 13.7 Å². The summed E-state index contributed by atoms with van der Waals surface area (Å²) in [4.78, 5) is 22.5. The van der Waals surface area contributed by atoms with Crippen LogP contribution in [0.25, 0.3) is 0 Å². The van der Waals surface area contributed by atoms with E-state index in [4.69, 9.17) is 9.84 Å². The van der Waals surface area contributed by atoms with E-state index in [9.17, 15) is 9.59 Å². The maximum atomic E-state index is 11.8. The van der Waals surface area contributed by atoms with Crippen molar-refractivity contribution < 1.29 is 19.4 Å². The molecule has 0 radical (unpaired) electrons. The molecule has 0 aromatic heterocycles. The minimum Gasteiger partial charge on any atom is -0.479 e. The number of hydrogen-bond donors (Lipinski definition) is 2. The van der Waals surface area contributed by atoms with Crippen LogP contribution < -0.4 is 5.32 Å². The van der Waals surface area contributed by atoms with Crippen molar-refractivity contribution in [1.82, 2.24) is 5.32 Å². The van der Waals surface area contributed by atoms with Crippen LogP contribution in [0.2, 0.25) is 0 Å². The summed E-state index contributed by atoms with van der Waals surface area (Å²) in [6, 6.07) is 7.76. The smallest absolute Gasteiger partial charge is 0.334 e. The Morgan fingerprint density at radius 3 is 2.45 bits per heavy atom. The molecule has 5 nitrogen and oxygen atoms in total. The zero-order chi connectivity index (χ0) is 15.1. The van der Waals surface area contributed by atoms with Crippen LogP contribution in [-0.2, 0) is 14.3 Å².